The third kappa shape index (κ3) is 3.24. The summed E-state index contributed by atoms with van der Waals surface area (Å²) in [5.41, 5.74) is 1.70. The summed E-state index contributed by atoms with van der Waals surface area (Å²) in [7, 11) is 2.06. The van der Waals surface area contributed by atoms with Crippen LogP contribution in [0.15, 0.2) is 16.7 Å². The van der Waals surface area contributed by atoms with E-state index in [0.717, 1.165) is 29.7 Å². The molecule has 2 aliphatic heterocycles. The van der Waals surface area contributed by atoms with Crippen molar-refractivity contribution in [1.82, 2.24) is 14.8 Å². The van der Waals surface area contributed by atoms with E-state index in [-0.39, 0.29) is 11.9 Å². The number of likely N-dealkylation sites (N-methyl/N-ethyl adjacent to an activating group) is 1. The molecular weight excluding hydrogens is 368 g/mol. The number of carbonyl (C=O) groups is 1. The predicted octanol–water partition coefficient (Wildman–Crippen LogP) is 2.51. The Kier molecular flexibility index (Phi) is 4.17. The van der Waals surface area contributed by atoms with Gasteiger partial charge in [-0.2, -0.15) is 0 Å². The second kappa shape index (κ2) is 6.07. The summed E-state index contributed by atoms with van der Waals surface area (Å²) in [5, 5.41) is 3.01. The zero-order valence-corrected chi connectivity index (χ0v) is 16.0. The molecule has 3 aliphatic rings. The molecule has 1 aromatic heterocycles. The van der Waals surface area contributed by atoms with Gasteiger partial charge in [0.25, 0.3) is 0 Å². The number of hydrogen-bond acceptors (Lipinski definition) is 4. The molecule has 0 aromatic carbocycles. The van der Waals surface area contributed by atoms with E-state index >= 15 is 0 Å². The van der Waals surface area contributed by atoms with Gasteiger partial charge in [0.1, 0.15) is 10.4 Å². The Bertz CT molecular complexity index is 652. The fourth-order valence-corrected chi connectivity index (χ4v) is 4.57. The largest absolute Gasteiger partial charge is 0.309 e. The Morgan fingerprint density at radius 2 is 2.17 bits per heavy atom. The fourth-order valence-electron chi connectivity index (χ4n) is 4.27. The van der Waals surface area contributed by atoms with Gasteiger partial charge in [-0.15, -0.1) is 0 Å². The van der Waals surface area contributed by atoms with Crippen LogP contribution in [-0.2, 0) is 4.79 Å². The van der Waals surface area contributed by atoms with Gasteiger partial charge in [0, 0.05) is 26.2 Å². The second-order valence-electron chi connectivity index (χ2n) is 8.02. The van der Waals surface area contributed by atoms with Crippen molar-refractivity contribution in [3.8, 4) is 0 Å². The van der Waals surface area contributed by atoms with Gasteiger partial charge in [0.15, 0.2) is 0 Å². The van der Waals surface area contributed by atoms with Crippen molar-refractivity contribution in [3.05, 3.63) is 22.3 Å². The standard InChI is InChI=1S/C18H25BrN4O/c1-12-3-4-15(19)20-16(12)21-17(24)14-7-13(8-22(14)2)9-23-10-18(11-23)5-6-18/h3-4,13-14H,5-11H2,1-2H3,(H,20,21,24). The summed E-state index contributed by atoms with van der Waals surface area (Å²) in [6.07, 6.45) is 3.80. The average molecular weight is 393 g/mol. The number of rotatable bonds is 4. The first-order valence-corrected chi connectivity index (χ1v) is 9.60. The maximum Gasteiger partial charge on any atom is 0.242 e. The summed E-state index contributed by atoms with van der Waals surface area (Å²) < 4.78 is 0.743. The zero-order chi connectivity index (χ0) is 16.9. The molecule has 1 aromatic rings. The van der Waals surface area contributed by atoms with E-state index in [9.17, 15) is 4.79 Å². The number of pyridine rings is 1. The second-order valence-corrected chi connectivity index (χ2v) is 8.83. The normalized spacial score (nSPS) is 28.8. The molecule has 5 nitrogen and oxygen atoms in total. The molecule has 1 aliphatic carbocycles. The van der Waals surface area contributed by atoms with Gasteiger partial charge in [0.2, 0.25) is 5.91 Å². The highest BCUT2D eigenvalue weighted by Crippen LogP contribution is 2.53. The highest BCUT2D eigenvalue weighted by molar-refractivity contribution is 9.10. The summed E-state index contributed by atoms with van der Waals surface area (Å²) in [6, 6.07) is 3.81. The number of aromatic nitrogens is 1. The van der Waals surface area contributed by atoms with Gasteiger partial charge in [0.05, 0.1) is 6.04 Å². The highest BCUT2D eigenvalue weighted by Gasteiger charge is 2.52. The van der Waals surface area contributed by atoms with E-state index in [1.54, 1.807) is 0 Å². The number of amides is 1. The first kappa shape index (κ1) is 16.5. The Balaban J connectivity index is 1.33. The summed E-state index contributed by atoms with van der Waals surface area (Å²) in [5.74, 6) is 1.32. The Morgan fingerprint density at radius 1 is 1.42 bits per heavy atom. The molecule has 1 amide bonds. The highest BCUT2D eigenvalue weighted by atomic mass is 79.9. The fraction of sp³-hybridized carbons (Fsp3) is 0.667. The Hall–Kier alpha value is -0.980. The van der Waals surface area contributed by atoms with E-state index in [4.69, 9.17) is 0 Å². The number of anilines is 1. The minimum atomic E-state index is -0.0497. The molecule has 1 spiro atoms. The number of hydrogen-bond donors (Lipinski definition) is 1. The van der Waals surface area contributed by atoms with E-state index in [2.05, 4.69) is 43.1 Å². The topological polar surface area (TPSA) is 48.5 Å². The van der Waals surface area contributed by atoms with Crippen LogP contribution >= 0.6 is 15.9 Å². The van der Waals surface area contributed by atoms with Crippen molar-refractivity contribution in [2.24, 2.45) is 11.3 Å². The van der Waals surface area contributed by atoms with E-state index in [1.165, 1.54) is 25.9 Å². The van der Waals surface area contributed by atoms with Crippen molar-refractivity contribution in [1.29, 1.82) is 0 Å². The number of likely N-dealkylation sites (tertiary alicyclic amines) is 2. The van der Waals surface area contributed by atoms with Gasteiger partial charge >= 0.3 is 0 Å². The van der Waals surface area contributed by atoms with Crippen molar-refractivity contribution >= 4 is 27.7 Å². The van der Waals surface area contributed by atoms with Crippen molar-refractivity contribution in [2.75, 3.05) is 38.5 Å². The molecule has 2 atom stereocenters. The van der Waals surface area contributed by atoms with Crippen LogP contribution in [0.2, 0.25) is 0 Å². The zero-order valence-electron chi connectivity index (χ0n) is 14.4. The molecule has 4 rings (SSSR count). The van der Waals surface area contributed by atoms with Crippen molar-refractivity contribution in [3.63, 3.8) is 0 Å². The summed E-state index contributed by atoms with van der Waals surface area (Å²) >= 11 is 3.37. The van der Waals surface area contributed by atoms with Gasteiger partial charge in [-0.05, 0) is 72.1 Å². The van der Waals surface area contributed by atoms with Gasteiger partial charge in [-0.1, -0.05) is 6.07 Å². The van der Waals surface area contributed by atoms with Crippen LogP contribution in [0.1, 0.15) is 24.8 Å². The van der Waals surface area contributed by atoms with Crippen LogP contribution in [0.25, 0.3) is 0 Å². The molecule has 130 valence electrons. The molecule has 6 heteroatoms. The Morgan fingerprint density at radius 3 is 2.88 bits per heavy atom. The molecule has 24 heavy (non-hydrogen) atoms. The summed E-state index contributed by atoms with van der Waals surface area (Å²) in [4.78, 5) is 21.8. The Labute approximate surface area is 151 Å². The van der Waals surface area contributed by atoms with Crippen LogP contribution < -0.4 is 5.32 Å². The SMILES string of the molecule is Cc1ccc(Br)nc1NC(=O)C1CC(CN2CC3(CC3)C2)CN1C. The van der Waals surface area contributed by atoms with Crippen LogP contribution in [0.4, 0.5) is 5.82 Å². The molecular formula is C18H25BrN4O. The van der Waals surface area contributed by atoms with Crippen molar-refractivity contribution in [2.45, 2.75) is 32.2 Å². The molecule has 0 bridgehead atoms. The van der Waals surface area contributed by atoms with Gasteiger partial charge in [-0.3, -0.25) is 9.69 Å². The number of nitrogens with zero attached hydrogens (tertiary/aromatic N) is 3. The van der Waals surface area contributed by atoms with Gasteiger partial charge < -0.3 is 10.2 Å². The van der Waals surface area contributed by atoms with E-state index < -0.39 is 0 Å². The molecule has 3 heterocycles. The third-order valence-electron chi connectivity index (χ3n) is 5.83. The smallest absolute Gasteiger partial charge is 0.242 e. The number of aryl methyl sites for hydroxylation is 1. The molecule has 2 saturated heterocycles. The lowest BCUT2D eigenvalue weighted by atomic mass is 9.94. The van der Waals surface area contributed by atoms with Crippen LogP contribution in [-0.4, -0.2) is 60.0 Å². The molecule has 0 radical (unpaired) electrons. The van der Waals surface area contributed by atoms with E-state index in [1.807, 2.05) is 19.1 Å². The van der Waals surface area contributed by atoms with Crippen molar-refractivity contribution < 1.29 is 4.79 Å². The number of halogens is 1. The lowest BCUT2D eigenvalue weighted by Crippen LogP contribution is -2.50. The first-order chi connectivity index (χ1) is 11.4. The summed E-state index contributed by atoms with van der Waals surface area (Å²) in [6.45, 7) is 6.68. The molecule has 2 unspecified atom stereocenters. The minimum Gasteiger partial charge on any atom is -0.309 e. The lowest BCUT2D eigenvalue weighted by molar-refractivity contribution is -0.120. The maximum atomic E-state index is 12.7. The lowest BCUT2D eigenvalue weighted by Gasteiger charge is -2.41. The predicted molar refractivity (Wildman–Crippen MR) is 97.9 cm³/mol. The first-order valence-electron chi connectivity index (χ1n) is 8.81. The van der Waals surface area contributed by atoms with Gasteiger partial charge in [-0.25, -0.2) is 4.98 Å². The average Bonchev–Trinajstić information content (AvgIpc) is 3.20. The monoisotopic (exact) mass is 392 g/mol. The molecule has 3 fully saturated rings. The quantitative estimate of drug-likeness (QED) is 0.799. The van der Waals surface area contributed by atoms with Crippen LogP contribution in [0.3, 0.4) is 0 Å². The molecule has 1 saturated carbocycles. The van der Waals surface area contributed by atoms with Crippen LogP contribution in [0, 0.1) is 18.3 Å². The minimum absolute atomic E-state index is 0.0497. The maximum absolute atomic E-state index is 12.7. The van der Waals surface area contributed by atoms with E-state index in [0.29, 0.717) is 17.2 Å². The van der Waals surface area contributed by atoms with Crippen LogP contribution in [0.5, 0.6) is 0 Å². The number of nitrogens with one attached hydrogen (secondary N) is 1. The number of carbonyl (C=O) groups excluding carboxylic acids is 1. The molecule has 1 N–H and O–H groups in total. The third-order valence-corrected chi connectivity index (χ3v) is 6.28.